The molecule has 0 bridgehead atoms. The van der Waals surface area contributed by atoms with Crippen LogP contribution in [0, 0.1) is 0 Å². The third-order valence-corrected chi connectivity index (χ3v) is 5.02. The first-order chi connectivity index (χ1) is 13.5. The smallest absolute Gasteiger partial charge is 0.338 e. The van der Waals surface area contributed by atoms with Crippen LogP contribution in [0.25, 0.3) is 0 Å². The van der Waals surface area contributed by atoms with Crippen molar-refractivity contribution in [1.29, 1.82) is 0 Å². The van der Waals surface area contributed by atoms with Crippen LogP contribution < -0.4 is 10.2 Å². The Morgan fingerprint density at radius 2 is 1.75 bits per heavy atom. The van der Waals surface area contributed by atoms with Gasteiger partial charge in [-0.3, -0.25) is 14.4 Å². The van der Waals surface area contributed by atoms with Gasteiger partial charge in [-0.25, -0.2) is 9.69 Å². The molecule has 1 aliphatic rings. The summed E-state index contributed by atoms with van der Waals surface area (Å²) in [5.41, 5.74) is 1.35. The molecule has 8 heteroatoms. The quantitative estimate of drug-likeness (QED) is 0.749. The second-order valence-corrected chi connectivity index (χ2v) is 7.09. The van der Waals surface area contributed by atoms with Crippen molar-refractivity contribution in [3.8, 4) is 0 Å². The molecule has 1 N–H and O–H groups in total. The van der Waals surface area contributed by atoms with Gasteiger partial charge in [0.25, 0.3) is 5.24 Å². The monoisotopic (exact) mass is 398 g/mol. The lowest BCUT2D eigenvalue weighted by Crippen LogP contribution is -2.32. The lowest BCUT2D eigenvalue weighted by Gasteiger charge is -2.13. The van der Waals surface area contributed by atoms with Crippen molar-refractivity contribution < 1.29 is 23.9 Å². The number of thioether (sulfide) groups is 1. The van der Waals surface area contributed by atoms with Crippen molar-refractivity contribution in [2.45, 2.75) is 18.6 Å². The number of benzene rings is 2. The highest BCUT2D eigenvalue weighted by atomic mass is 32.2. The van der Waals surface area contributed by atoms with E-state index in [1.54, 1.807) is 61.5 Å². The highest BCUT2D eigenvalue weighted by Crippen LogP contribution is 2.33. The third-order valence-electron chi connectivity index (χ3n) is 3.99. The summed E-state index contributed by atoms with van der Waals surface area (Å²) in [5.74, 6) is -1.24. The molecule has 3 rings (SSSR count). The molecule has 7 nitrogen and oxygen atoms in total. The predicted octanol–water partition coefficient (Wildman–Crippen LogP) is 3.46. The molecule has 1 fully saturated rings. The summed E-state index contributed by atoms with van der Waals surface area (Å²) in [4.78, 5) is 49.7. The lowest BCUT2D eigenvalue weighted by molar-refractivity contribution is -0.121. The zero-order valence-electron chi connectivity index (χ0n) is 15.1. The molecule has 28 heavy (non-hydrogen) atoms. The molecule has 0 aliphatic carbocycles. The van der Waals surface area contributed by atoms with E-state index < -0.39 is 28.3 Å². The van der Waals surface area contributed by atoms with Crippen molar-refractivity contribution in [2.75, 3.05) is 16.8 Å². The van der Waals surface area contributed by atoms with Gasteiger partial charge in [0.2, 0.25) is 11.8 Å². The van der Waals surface area contributed by atoms with Crippen molar-refractivity contribution in [3.63, 3.8) is 0 Å². The zero-order valence-corrected chi connectivity index (χ0v) is 15.9. The van der Waals surface area contributed by atoms with Gasteiger partial charge < -0.3 is 10.1 Å². The molecule has 1 saturated heterocycles. The summed E-state index contributed by atoms with van der Waals surface area (Å²) >= 11 is 0.843. The van der Waals surface area contributed by atoms with Crippen molar-refractivity contribution in [2.24, 2.45) is 0 Å². The number of imide groups is 1. The van der Waals surface area contributed by atoms with Crippen LogP contribution in [0.3, 0.4) is 0 Å². The Morgan fingerprint density at radius 3 is 2.39 bits per heavy atom. The van der Waals surface area contributed by atoms with Gasteiger partial charge in [0.1, 0.15) is 5.25 Å². The van der Waals surface area contributed by atoms with Crippen molar-refractivity contribution >= 4 is 46.2 Å². The topological polar surface area (TPSA) is 92.8 Å². The minimum atomic E-state index is -0.772. The molecule has 0 radical (unpaired) electrons. The molecule has 1 atom stereocenters. The average Bonchev–Trinajstić information content (AvgIpc) is 2.96. The summed E-state index contributed by atoms with van der Waals surface area (Å²) in [6.07, 6.45) is -0.127. The van der Waals surface area contributed by atoms with Gasteiger partial charge in [-0.15, -0.1) is 0 Å². The van der Waals surface area contributed by atoms with E-state index in [-0.39, 0.29) is 13.0 Å². The van der Waals surface area contributed by atoms with E-state index >= 15 is 0 Å². The first-order valence-electron chi connectivity index (χ1n) is 8.66. The van der Waals surface area contributed by atoms with E-state index in [9.17, 15) is 19.2 Å². The number of anilines is 2. The summed E-state index contributed by atoms with van der Waals surface area (Å²) in [6.45, 7) is 2.00. The maximum absolute atomic E-state index is 12.5. The Hall–Kier alpha value is -3.13. The molecule has 3 amide bonds. The minimum absolute atomic E-state index is 0.127. The van der Waals surface area contributed by atoms with Gasteiger partial charge in [-0.1, -0.05) is 18.2 Å². The number of nitrogens with zero attached hydrogens (tertiary/aromatic N) is 1. The Morgan fingerprint density at radius 1 is 1.07 bits per heavy atom. The molecule has 0 unspecified atom stereocenters. The SMILES string of the molecule is CCOC(=O)c1ccc(NC(=O)C[C@@H]2SC(=O)N(c3ccccc3)C2=O)cc1. The fourth-order valence-electron chi connectivity index (χ4n) is 2.68. The van der Waals surface area contributed by atoms with Crippen LogP contribution >= 0.6 is 11.8 Å². The molecule has 0 aromatic heterocycles. The molecule has 1 heterocycles. The first-order valence-corrected chi connectivity index (χ1v) is 9.54. The lowest BCUT2D eigenvalue weighted by atomic mass is 10.2. The zero-order chi connectivity index (χ0) is 20.1. The van der Waals surface area contributed by atoms with Crippen LogP contribution in [-0.4, -0.2) is 34.9 Å². The van der Waals surface area contributed by atoms with Gasteiger partial charge in [0.05, 0.1) is 17.9 Å². The highest BCUT2D eigenvalue weighted by molar-refractivity contribution is 8.15. The Balaban J connectivity index is 1.60. The number of ether oxygens (including phenoxy) is 1. The molecular formula is C20H18N2O5S. The number of carbonyl (C=O) groups is 4. The van der Waals surface area contributed by atoms with Crippen molar-refractivity contribution in [3.05, 3.63) is 60.2 Å². The van der Waals surface area contributed by atoms with Gasteiger partial charge in [-0.05, 0) is 55.1 Å². The summed E-state index contributed by atoms with van der Waals surface area (Å²) < 4.78 is 4.90. The summed E-state index contributed by atoms with van der Waals surface area (Å²) in [6, 6.07) is 14.9. The van der Waals surface area contributed by atoms with E-state index in [0.717, 1.165) is 16.7 Å². The van der Waals surface area contributed by atoms with Crippen LogP contribution in [0.5, 0.6) is 0 Å². The normalized spacial score (nSPS) is 16.2. The maximum Gasteiger partial charge on any atom is 0.338 e. The Labute approximate surface area is 166 Å². The second-order valence-electron chi connectivity index (χ2n) is 5.93. The Kier molecular flexibility index (Phi) is 6.10. The van der Waals surface area contributed by atoms with Gasteiger partial charge >= 0.3 is 5.97 Å². The number of para-hydroxylation sites is 1. The summed E-state index contributed by atoms with van der Waals surface area (Å²) in [5, 5.41) is 1.50. The molecule has 144 valence electrons. The third kappa shape index (κ3) is 4.40. The highest BCUT2D eigenvalue weighted by Gasteiger charge is 2.41. The molecule has 2 aromatic rings. The molecule has 0 spiro atoms. The molecular weight excluding hydrogens is 380 g/mol. The van der Waals surface area contributed by atoms with Crippen LogP contribution in [0.4, 0.5) is 16.2 Å². The molecule has 2 aromatic carbocycles. The van der Waals surface area contributed by atoms with Crippen LogP contribution in [0.1, 0.15) is 23.7 Å². The second kappa shape index (κ2) is 8.71. The molecule has 1 aliphatic heterocycles. The van der Waals surface area contributed by atoms with Crippen LogP contribution in [-0.2, 0) is 14.3 Å². The number of hydrogen-bond donors (Lipinski definition) is 1. The largest absolute Gasteiger partial charge is 0.462 e. The molecule has 0 saturated carbocycles. The number of rotatable bonds is 6. The van der Waals surface area contributed by atoms with Crippen LogP contribution in [0.2, 0.25) is 0 Å². The van der Waals surface area contributed by atoms with E-state index in [2.05, 4.69) is 5.32 Å². The maximum atomic E-state index is 12.5. The van der Waals surface area contributed by atoms with E-state index in [1.165, 1.54) is 0 Å². The van der Waals surface area contributed by atoms with Gasteiger partial charge in [0, 0.05) is 12.1 Å². The summed E-state index contributed by atoms with van der Waals surface area (Å²) in [7, 11) is 0. The van der Waals surface area contributed by atoms with Crippen LogP contribution in [0.15, 0.2) is 54.6 Å². The fraction of sp³-hybridized carbons (Fsp3) is 0.200. The minimum Gasteiger partial charge on any atom is -0.462 e. The van der Waals surface area contributed by atoms with E-state index in [1.807, 2.05) is 0 Å². The fourth-order valence-corrected chi connectivity index (χ4v) is 3.67. The van der Waals surface area contributed by atoms with Gasteiger partial charge in [-0.2, -0.15) is 0 Å². The number of amides is 3. The van der Waals surface area contributed by atoms with E-state index in [4.69, 9.17) is 4.74 Å². The number of nitrogens with one attached hydrogen (secondary N) is 1. The standard InChI is InChI=1S/C20H18N2O5S/c1-2-27-19(25)13-8-10-14(11-9-13)21-17(23)12-16-18(24)22(20(26)28-16)15-6-4-3-5-7-15/h3-11,16H,2,12H2,1H3,(H,21,23)/t16-/m0/s1. The number of carbonyl (C=O) groups excluding carboxylic acids is 4. The average molecular weight is 398 g/mol. The van der Waals surface area contributed by atoms with E-state index in [0.29, 0.717) is 16.9 Å². The predicted molar refractivity (Wildman–Crippen MR) is 106 cm³/mol. The Bertz CT molecular complexity index is 899. The van der Waals surface area contributed by atoms with Gasteiger partial charge in [0.15, 0.2) is 0 Å². The number of esters is 1. The number of hydrogen-bond acceptors (Lipinski definition) is 6. The van der Waals surface area contributed by atoms with Crippen molar-refractivity contribution in [1.82, 2.24) is 0 Å². The first kappa shape index (κ1) is 19.6.